The molecule has 3 N–H and O–H groups in total. The minimum atomic E-state index is -0.111. The summed E-state index contributed by atoms with van der Waals surface area (Å²) in [6.07, 6.45) is 1.01. The number of piperazine rings is 1. The van der Waals surface area contributed by atoms with Crippen LogP contribution in [0.2, 0.25) is 0 Å². The molecule has 0 unspecified atom stereocenters. The van der Waals surface area contributed by atoms with E-state index in [9.17, 15) is 4.79 Å². The van der Waals surface area contributed by atoms with Crippen LogP contribution in [-0.4, -0.2) is 43.5 Å². The Labute approximate surface area is 78.5 Å². The number of carbonyl (C=O) groups is 1. The first kappa shape index (κ1) is 8.97. The molecule has 1 saturated heterocycles. The molecule has 0 bridgehead atoms. The van der Waals surface area contributed by atoms with E-state index < -0.39 is 0 Å². The second-order valence-electron chi connectivity index (χ2n) is 4.06. The van der Waals surface area contributed by atoms with E-state index in [1.54, 1.807) is 0 Å². The SMILES string of the molecule is NC(=O)[C@H]1C[C@@H]1CN1CCNCC1. The number of rotatable bonds is 3. The van der Waals surface area contributed by atoms with Gasteiger partial charge in [0.1, 0.15) is 0 Å². The lowest BCUT2D eigenvalue weighted by atomic mass is 10.2. The van der Waals surface area contributed by atoms with Crippen molar-refractivity contribution in [3.63, 3.8) is 0 Å². The molecule has 74 valence electrons. The third-order valence-electron chi connectivity index (χ3n) is 2.99. The van der Waals surface area contributed by atoms with Crippen LogP contribution in [0.1, 0.15) is 6.42 Å². The summed E-state index contributed by atoms with van der Waals surface area (Å²) in [6.45, 7) is 5.45. The van der Waals surface area contributed by atoms with Gasteiger partial charge in [-0.15, -0.1) is 0 Å². The fraction of sp³-hybridized carbons (Fsp3) is 0.889. The molecule has 4 heteroatoms. The lowest BCUT2D eigenvalue weighted by Gasteiger charge is -2.27. The van der Waals surface area contributed by atoms with Crippen LogP contribution in [0.15, 0.2) is 0 Å². The van der Waals surface area contributed by atoms with Gasteiger partial charge < -0.3 is 16.0 Å². The summed E-state index contributed by atoms with van der Waals surface area (Å²) in [4.78, 5) is 13.2. The number of amides is 1. The molecule has 0 aromatic rings. The van der Waals surface area contributed by atoms with E-state index in [0.717, 1.165) is 39.1 Å². The number of hydrogen-bond acceptors (Lipinski definition) is 3. The van der Waals surface area contributed by atoms with Crippen LogP contribution < -0.4 is 11.1 Å². The molecule has 1 aliphatic carbocycles. The standard InChI is InChI=1S/C9H17N3O/c10-9(13)8-5-7(8)6-12-3-1-11-2-4-12/h7-8,11H,1-6H2,(H2,10,13)/t7-,8+/m1/s1. The van der Waals surface area contributed by atoms with Gasteiger partial charge in [-0.1, -0.05) is 0 Å². The van der Waals surface area contributed by atoms with E-state index in [-0.39, 0.29) is 11.8 Å². The van der Waals surface area contributed by atoms with Gasteiger partial charge in [-0.3, -0.25) is 4.79 Å². The van der Waals surface area contributed by atoms with Gasteiger partial charge in [0, 0.05) is 38.6 Å². The Bertz CT molecular complexity index is 201. The molecule has 1 aliphatic heterocycles. The Hall–Kier alpha value is -0.610. The van der Waals surface area contributed by atoms with Crippen molar-refractivity contribution in [3.8, 4) is 0 Å². The van der Waals surface area contributed by atoms with Gasteiger partial charge in [0.05, 0.1) is 0 Å². The summed E-state index contributed by atoms with van der Waals surface area (Å²) in [5.74, 6) is 0.616. The molecule has 1 heterocycles. The van der Waals surface area contributed by atoms with E-state index in [0.29, 0.717) is 5.92 Å². The lowest BCUT2D eigenvalue weighted by molar-refractivity contribution is -0.119. The maximum absolute atomic E-state index is 10.8. The normalized spacial score (nSPS) is 34.5. The van der Waals surface area contributed by atoms with Crippen LogP contribution in [0.3, 0.4) is 0 Å². The Morgan fingerprint density at radius 3 is 2.69 bits per heavy atom. The van der Waals surface area contributed by atoms with Crippen molar-refractivity contribution in [3.05, 3.63) is 0 Å². The van der Waals surface area contributed by atoms with Crippen LogP contribution in [0, 0.1) is 11.8 Å². The summed E-state index contributed by atoms with van der Waals surface area (Å²) < 4.78 is 0. The average molecular weight is 183 g/mol. The van der Waals surface area contributed by atoms with Crippen molar-refractivity contribution in [1.29, 1.82) is 0 Å². The predicted molar refractivity (Wildman–Crippen MR) is 50.1 cm³/mol. The molecule has 13 heavy (non-hydrogen) atoms. The number of nitrogens with two attached hydrogens (primary N) is 1. The van der Waals surface area contributed by atoms with E-state index in [4.69, 9.17) is 5.73 Å². The van der Waals surface area contributed by atoms with E-state index in [1.165, 1.54) is 0 Å². The van der Waals surface area contributed by atoms with Crippen LogP contribution in [0.5, 0.6) is 0 Å². The fourth-order valence-electron chi connectivity index (χ4n) is 2.02. The van der Waals surface area contributed by atoms with E-state index >= 15 is 0 Å². The maximum Gasteiger partial charge on any atom is 0.220 e. The first-order valence-corrected chi connectivity index (χ1v) is 5.00. The quantitative estimate of drug-likeness (QED) is 0.591. The zero-order chi connectivity index (χ0) is 9.26. The van der Waals surface area contributed by atoms with Crippen molar-refractivity contribution in [2.45, 2.75) is 6.42 Å². The largest absolute Gasteiger partial charge is 0.369 e. The first-order chi connectivity index (χ1) is 6.27. The van der Waals surface area contributed by atoms with Gasteiger partial charge in [-0.05, 0) is 12.3 Å². The molecule has 0 spiro atoms. The van der Waals surface area contributed by atoms with Crippen LogP contribution in [0.25, 0.3) is 0 Å². The molecular formula is C9H17N3O. The molecule has 4 nitrogen and oxygen atoms in total. The van der Waals surface area contributed by atoms with Crippen LogP contribution in [0.4, 0.5) is 0 Å². The predicted octanol–water partition coefficient (Wildman–Crippen LogP) is -0.987. The molecule has 0 aromatic carbocycles. The summed E-state index contributed by atoms with van der Waals surface area (Å²) in [5.41, 5.74) is 5.22. The van der Waals surface area contributed by atoms with Gasteiger partial charge in [0.25, 0.3) is 0 Å². The Kier molecular flexibility index (Phi) is 2.51. The number of hydrogen-bond donors (Lipinski definition) is 2. The van der Waals surface area contributed by atoms with Gasteiger partial charge in [0.2, 0.25) is 5.91 Å². The molecule has 2 fully saturated rings. The lowest BCUT2D eigenvalue weighted by Crippen LogP contribution is -2.44. The molecular weight excluding hydrogens is 166 g/mol. The maximum atomic E-state index is 10.8. The van der Waals surface area contributed by atoms with Crippen molar-refractivity contribution in [1.82, 2.24) is 10.2 Å². The molecule has 2 aliphatic rings. The molecule has 1 saturated carbocycles. The van der Waals surface area contributed by atoms with Gasteiger partial charge in [-0.25, -0.2) is 0 Å². The third-order valence-corrected chi connectivity index (χ3v) is 2.99. The van der Waals surface area contributed by atoms with Gasteiger partial charge in [-0.2, -0.15) is 0 Å². The minimum absolute atomic E-state index is 0.111. The van der Waals surface area contributed by atoms with Gasteiger partial charge in [0.15, 0.2) is 0 Å². The van der Waals surface area contributed by atoms with Crippen molar-refractivity contribution in [2.24, 2.45) is 17.6 Å². The Morgan fingerprint density at radius 2 is 2.15 bits per heavy atom. The second kappa shape index (κ2) is 3.64. The van der Waals surface area contributed by atoms with Crippen molar-refractivity contribution < 1.29 is 4.79 Å². The van der Waals surface area contributed by atoms with Crippen LogP contribution >= 0.6 is 0 Å². The number of carbonyl (C=O) groups excluding carboxylic acids is 1. The van der Waals surface area contributed by atoms with Crippen molar-refractivity contribution >= 4 is 5.91 Å². The topological polar surface area (TPSA) is 58.4 Å². The smallest absolute Gasteiger partial charge is 0.220 e. The number of nitrogens with one attached hydrogen (secondary N) is 1. The highest BCUT2D eigenvalue weighted by Crippen LogP contribution is 2.38. The summed E-state index contributed by atoms with van der Waals surface area (Å²) in [7, 11) is 0. The molecule has 0 radical (unpaired) electrons. The Morgan fingerprint density at radius 1 is 1.46 bits per heavy atom. The highest BCUT2D eigenvalue weighted by atomic mass is 16.1. The number of nitrogens with zero attached hydrogens (tertiary/aromatic N) is 1. The second-order valence-corrected chi connectivity index (χ2v) is 4.06. The fourth-order valence-corrected chi connectivity index (χ4v) is 2.02. The summed E-state index contributed by atoms with van der Waals surface area (Å²) in [5, 5.41) is 3.31. The third kappa shape index (κ3) is 2.19. The zero-order valence-corrected chi connectivity index (χ0v) is 7.83. The van der Waals surface area contributed by atoms with E-state index in [2.05, 4.69) is 10.2 Å². The Balaban J connectivity index is 1.70. The van der Waals surface area contributed by atoms with E-state index in [1.807, 2.05) is 0 Å². The molecule has 0 aromatic heterocycles. The zero-order valence-electron chi connectivity index (χ0n) is 7.83. The summed E-state index contributed by atoms with van der Waals surface area (Å²) in [6, 6.07) is 0. The van der Waals surface area contributed by atoms with Crippen LogP contribution in [-0.2, 0) is 4.79 Å². The molecule has 1 amide bonds. The monoisotopic (exact) mass is 183 g/mol. The molecule has 2 rings (SSSR count). The van der Waals surface area contributed by atoms with Crippen molar-refractivity contribution in [2.75, 3.05) is 32.7 Å². The summed E-state index contributed by atoms with van der Waals surface area (Å²) >= 11 is 0. The molecule has 2 atom stereocenters. The minimum Gasteiger partial charge on any atom is -0.369 e. The number of primary amides is 1. The highest BCUT2D eigenvalue weighted by molar-refractivity contribution is 5.79. The highest BCUT2D eigenvalue weighted by Gasteiger charge is 2.42. The first-order valence-electron chi connectivity index (χ1n) is 5.00. The van der Waals surface area contributed by atoms with Gasteiger partial charge >= 0.3 is 0 Å². The average Bonchev–Trinajstić information content (AvgIpc) is 2.86.